The van der Waals surface area contributed by atoms with E-state index in [-0.39, 0.29) is 11.7 Å². The second kappa shape index (κ2) is 7.84. The quantitative estimate of drug-likeness (QED) is 0.382. The lowest BCUT2D eigenvalue weighted by Crippen LogP contribution is -2.21. The summed E-state index contributed by atoms with van der Waals surface area (Å²) in [6, 6.07) is 0. The highest BCUT2D eigenvalue weighted by Gasteiger charge is 2.25. The summed E-state index contributed by atoms with van der Waals surface area (Å²) in [5.41, 5.74) is -0.0305. The number of aliphatic hydroxyl groups is 1. The van der Waals surface area contributed by atoms with Crippen molar-refractivity contribution in [2.45, 2.75) is 38.7 Å². The van der Waals surface area contributed by atoms with Crippen LogP contribution in [-0.2, 0) is 14.3 Å². The molecule has 0 aliphatic rings. The summed E-state index contributed by atoms with van der Waals surface area (Å²) in [5, 5.41) is 18.0. The van der Waals surface area contributed by atoms with E-state index in [9.17, 15) is 9.59 Å². The van der Waals surface area contributed by atoms with Gasteiger partial charge in [-0.25, -0.2) is 4.79 Å². The number of aliphatic carboxylic acids is 1. The Balaban J connectivity index is 4.21. The number of hydrogen-bond acceptors (Lipinski definition) is 4. The number of rotatable bonds is 8. The van der Waals surface area contributed by atoms with E-state index in [2.05, 4.69) is 11.3 Å². The van der Waals surface area contributed by atoms with Crippen LogP contribution >= 0.6 is 0 Å². The zero-order valence-corrected chi connectivity index (χ0v) is 10.3. The number of carboxylic acids is 1. The third kappa shape index (κ3) is 6.06. The third-order valence-corrected chi connectivity index (χ3v) is 2.53. The Labute approximate surface area is 101 Å². The summed E-state index contributed by atoms with van der Waals surface area (Å²) in [7, 11) is 1.19. The van der Waals surface area contributed by atoms with Crippen molar-refractivity contribution < 1.29 is 24.5 Å². The highest BCUT2D eigenvalue weighted by atomic mass is 16.5. The molecule has 0 saturated heterocycles. The number of carboxylic acid groups (broad SMARTS) is 1. The lowest BCUT2D eigenvalue weighted by molar-refractivity contribution is -0.145. The van der Waals surface area contributed by atoms with Crippen molar-refractivity contribution in [1.82, 2.24) is 0 Å². The van der Waals surface area contributed by atoms with Crippen molar-refractivity contribution in [3.05, 3.63) is 12.2 Å². The van der Waals surface area contributed by atoms with Gasteiger partial charge < -0.3 is 14.9 Å². The average molecular weight is 244 g/mol. The Morgan fingerprint density at radius 3 is 2.24 bits per heavy atom. The largest absolute Gasteiger partial charge is 0.481 e. The molecule has 0 aromatic heterocycles. The summed E-state index contributed by atoms with van der Waals surface area (Å²) in [6.07, 6.45) is 1.91. The molecule has 0 amide bonds. The SMILES string of the molecule is C=C(C(=O)OC)[C@H](CCCC[C@@H](C)O)C(=O)O. The molecule has 0 bridgehead atoms. The number of methoxy groups -OCH3 is 1. The van der Waals surface area contributed by atoms with Crippen LogP contribution in [0.1, 0.15) is 32.6 Å². The summed E-state index contributed by atoms with van der Waals surface area (Å²) in [5.74, 6) is -2.66. The summed E-state index contributed by atoms with van der Waals surface area (Å²) < 4.78 is 4.45. The lowest BCUT2D eigenvalue weighted by Gasteiger charge is -2.13. The molecule has 0 heterocycles. The first-order valence-corrected chi connectivity index (χ1v) is 5.58. The molecule has 0 rings (SSSR count). The maximum absolute atomic E-state index is 11.2. The van der Waals surface area contributed by atoms with Crippen LogP contribution < -0.4 is 0 Å². The van der Waals surface area contributed by atoms with E-state index < -0.39 is 17.9 Å². The van der Waals surface area contributed by atoms with Gasteiger partial charge in [0.15, 0.2) is 0 Å². The fourth-order valence-corrected chi connectivity index (χ4v) is 1.51. The second-order valence-corrected chi connectivity index (χ2v) is 4.04. The van der Waals surface area contributed by atoms with Gasteiger partial charge in [-0.2, -0.15) is 0 Å². The van der Waals surface area contributed by atoms with E-state index in [0.29, 0.717) is 19.3 Å². The van der Waals surface area contributed by atoms with Gasteiger partial charge in [0.05, 0.1) is 19.1 Å². The smallest absolute Gasteiger partial charge is 0.334 e. The van der Waals surface area contributed by atoms with Crippen molar-refractivity contribution in [2.24, 2.45) is 5.92 Å². The molecule has 0 unspecified atom stereocenters. The molecule has 2 N–H and O–H groups in total. The Kier molecular flexibility index (Phi) is 7.21. The molecule has 5 heteroatoms. The third-order valence-electron chi connectivity index (χ3n) is 2.53. The number of carbonyl (C=O) groups is 2. The van der Waals surface area contributed by atoms with Crippen LogP contribution in [-0.4, -0.2) is 35.4 Å². The van der Waals surface area contributed by atoms with Crippen LogP contribution in [0.3, 0.4) is 0 Å². The molecule has 0 saturated carbocycles. The van der Waals surface area contributed by atoms with Gasteiger partial charge in [-0.1, -0.05) is 19.4 Å². The molecule has 0 aromatic rings. The fraction of sp³-hybridized carbons (Fsp3) is 0.667. The van der Waals surface area contributed by atoms with Crippen molar-refractivity contribution in [3.8, 4) is 0 Å². The summed E-state index contributed by atoms with van der Waals surface area (Å²) in [6.45, 7) is 5.14. The van der Waals surface area contributed by atoms with Crippen molar-refractivity contribution in [2.75, 3.05) is 7.11 Å². The zero-order chi connectivity index (χ0) is 13.4. The van der Waals surface area contributed by atoms with E-state index in [4.69, 9.17) is 10.2 Å². The Morgan fingerprint density at radius 2 is 1.82 bits per heavy atom. The van der Waals surface area contributed by atoms with Crippen LogP contribution in [0.25, 0.3) is 0 Å². The normalized spacial score (nSPS) is 13.8. The molecular weight excluding hydrogens is 224 g/mol. The van der Waals surface area contributed by atoms with Gasteiger partial charge in [0, 0.05) is 5.57 Å². The lowest BCUT2D eigenvalue weighted by atomic mass is 9.94. The monoisotopic (exact) mass is 244 g/mol. The average Bonchev–Trinajstić information content (AvgIpc) is 2.26. The number of ether oxygens (including phenoxy) is 1. The predicted molar refractivity (Wildman–Crippen MR) is 62.4 cm³/mol. The number of aliphatic hydroxyl groups excluding tert-OH is 1. The van der Waals surface area contributed by atoms with Crippen LogP contribution in [0.4, 0.5) is 0 Å². The van der Waals surface area contributed by atoms with Crippen LogP contribution in [0, 0.1) is 5.92 Å². The molecule has 17 heavy (non-hydrogen) atoms. The number of esters is 1. The molecule has 5 nitrogen and oxygen atoms in total. The highest BCUT2D eigenvalue weighted by Crippen LogP contribution is 2.19. The number of hydrogen-bond donors (Lipinski definition) is 2. The van der Waals surface area contributed by atoms with Gasteiger partial charge in [-0.05, 0) is 19.8 Å². The molecule has 0 aliphatic heterocycles. The standard InChI is InChI=1S/C12H20O5/c1-8(13)6-4-5-7-10(11(14)15)9(2)12(16)17-3/h8,10,13H,2,4-7H2,1,3H3,(H,14,15)/t8-,10+/m1/s1. The minimum absolute atomic E-state index is 0.0305. The van der Waals surface area contributed by atoms with E-state index in [1.54, 1.807) is 6.92 Å². The topological polar surface area (TPSA) is 83.8 Å². The van der Waals surface area contributed by atoms with Gasteiger partial charge >= 0.3 is 11.9 Å². The van der Waals surface area contributed by atoms with Crippen LogP contribution in [0.2, 0.25) is 0 Å². The first-order chi connectivity index (χ1) is 7.90. The molecule has 98 valence electrons. The first-order valence-electron chi connectivity index (χ1n) is 5.58. The van der Waals surface area contributed by atoms with E-state index in [0.717, 1.165) is 6.42 Å². The van der Waals surface area contributed by atoms with Gasteiger partial charge in [-0.15, -0.1) is 0 Å². The maximum Gasteiger partial charge on any atom is 0.334 e. The van der Waals surface area contributed by atoms with Crippen molar-refractivity contribution in [1.29, 1.82) is 0 Å². The predicted octanol–water partition coefficient (Wildman–Crippen LogP) is 1.36. The van der Waals surface area contributed by atoms with E-state index in [1.165, 1.54) is 7.11 Å². The Hall–Kier alpha value is -1.36. The van der Waals surface area contributed by atoms with Gasteiger partial charge in [0.25, 0.3) is 0 Å². The van der Waals surface area contributed by atoms with Gasteiger partial charge in [-0.3, -0.25) is 4.79 Å². The van der Waals surface area contributed by atoms with Crippen LogP contribution in [0.5, 0.6) is 0 Å². The Morgan fingerprint density at radius 1 is 1.29 bits per heavy atom. The molecular formula is C12H20O5. The molecule has 2 atom stereocenters. The second-order valence-electron chi connectivity index (χ2n) is 4.04. The molecule has 0 aliphatic carbocycles. The number of unbranched alkanes of at least 4 members (excludes halogenated alkanes) is 1. The minimum Gasteiger partial charge on any atom is -0.481 e. The summed E-state index contributed by atoms with van der Waals surface area (Å²) >= 11 is 0. The van der Waals surface area contributed by atoms with E-state index in [1.807, 2.05) is 0 Å². The number of carbonyl (C=O) groups excluding carboxylic acids is 1. The van der Waals surface area contributed by atoms with Crippen LogP contribution in [0.15, 0.2) is 12.2 Å². The van der Waals surface area contributed by atoms with E-state index >= 15 is 0 Å². The van der Waals surface area contributed by atoms with Crippen molar-refractivity contribution in [3.63, 3.8) is 0 Å². The van der Waals surface area contributed by atoms with Gasteiger partial charge in [0.1, 0.15) is 0 Å². The minimum atomic E-state index is -1.07. The highest BCUT2D eigenvalue weighted by molar-refractivity contribution is 5.94. The Bertz CT molecular complexity index is 283. The molecule has 0 spiro atoms. The first kappa shape index (κ1) is 15.6. The summed E-state index contributed by atoms with van der Waals surface area (Å²) in [4.78, 5) is 22.1. The zero-order valence-electron chi connectivity index (χ0n) is 10.3. The van der Waals surface area contributed by atoms with Crippen molar-refractivity contribution >= 4 is 11.9 Å². The molecule has 0 fully saturated rings. The van der Waals surface area contributed by atoms with Gasteiger partial charge in [0.2, 0.25) is 0 Å². The maximum atomic E-state index is 11.2. The molecule has 0 radical (unpaired) electrons. The molecule has 0 aromatic carbocycles. The fourth-order valence-electron chi connectivity index (χ4n) is 1.51.